The lowest BCUT2D eigenvalue weighted by Gasteiger charge is -2.09. The summed E-state index contributed by atoms with van der Waals surface area (Å²) >= 11 is 1.57. The molecule has 0 bridgehead atoms. The smallest absolute Gasteiger partial charge is 0.258 e. The van der Waals surface area contributed by atoms with Crippen LogP contribution in [0.5, 0.6) is 0 Å². The average molecular weight is 371 g/mol. The molecule has 2 rings (SSSR count). The maximum absolute atomic E-state index is 11.9. The van der Waals surface area contributed by atoms with E-state index in [0.717, 1.165) is 0 Å². The number of hydrogen-bond donors (Lipinski definition) is 3. The molecule has 6 nitrogen and oxygen atoms in total. The number of aromatic amines is 1. The third-order valence-corrected chi connectivity index (χ3v) is 4.39. The van der Waals surface area contributed by atoms with E-state index in [2.05, 4.69) is 15.3 Å². The Labute approximate surface area is 151 Å². The fraction of sp³-hybridized carbons (Fsp3) is 0.438. The number of H-pyrrole nitrogens is 1. The molecule has 0 aliphatic rings. The number of halogens is 1. The number of amides is 1. The molecule has 4 N–H and O–H groups in total. The largest absolute Gasteiger partial charge is 0.356 e. The molecule has 1 atom stereocenters. The molecule has 0 fully saturated rings. The summed E-state index contributed by atoms with van der Waals surface area (Å²) in [7, 11) is 0. The number of rotatable bonds is 8. The van der Waals surface area contributed by atoms with E-state index < -0.39 is 0 Å². The summed E-state index contributed by atoms with van der Waals surface area (Å²) in [4.78, 5) is 30.8. The number of nitrogens with two attached hydrogens (primary N) is 1. The van der Waals surface area contributed by atoms with Gasteiger partial charge in [-0.1, -0.05) is 19.1 Å². The van der Waals surface area contributed by atoms with Gasteiger partial charge in [0.1, 0.15) is 5.82 Å². The molecule has 0 spiro atoms. The zero-order valence-electron chi connectivity index (χ0n) is 13.6. The topological polar surface area (TPSA) is 101 Å². The van der Waals surface area contributed by atoms with Crippen molar-refractivity contribution in [2.45, 2.75) is 19.1 Å². The molecule has 132 valence electrons. The Hall–Kier alpha value is -1.57. The van der Waals surface area contributed by atoms with E-state index in [-0.39, 0.29) is 23.9 Å². The van der Waals surface area contributed by atoms with Crippen LogP contribution in [0.2, 0.25) is 0 Å². The third kappa shape index (κ3) is 6.14. The first kappa shape index (κ1) is 20.5. The minimum atomic E-state index is -0.125. The lowest BCUT2D eigenvalue weighted by molar-refractivity contribution is -0.120. The monoisotopic (exact) mass is 370 g/mol. The van der Waals surface area contributed by atoms with Crippen LogP contribution in [0.4, 0.5) is 0 Å². The highest BCUT2D eigenvalue weighted by Crippen LogP contribution is 2.11. The first-order valence-electron chi connectivity index (χ1n) is 7.62. The molecule has 0 aliphatic heterocycles. The molecular formula is C16H23ClN4O2S. The van der Waals surface area contributed by atoms with E-state index in [0.29, 0.717) is 53.7 Å². The first-order valence-corrected chi connectivity index (χ1v) is 8.78. The zero-order chi connectivity index (χ0) is 16.7. The summed E-state index contributed by atoms with van der Waals surface area (Å²) in [6.45, 7) is 3.17. The van der Waals surface area contributed by atoms with Gasteiger partial charge in [-0.2, -0.15) is 11.8 Å². The molecule has 1 heterocycles. The highest BCUT2D eigenvalue weighted by atomic mass is 35.5. The molecular weight excluding hydrogens is 348 g/mol. The van der Waals surface area contributed by atoms with Crippen molar-refractivity contribution in [1.29, 1.82) is 0 Å². The van der Waals surface area contributed by atoms with Crippen molar-refractivity contribution in [1.82, 2.24) is 15.3 Å². The van der Waals surface area contributed by atoms with Gasteiger partial charge in [-0.3, -0.25) is 9.59 Å². The van der Waals surface area contributed by atoms with Crippen LogP contribution in [0.15, 0.2) is 29.1 Å². The summed E-state index contributed by atoms with van der Waals surface area (Å²) in [6, 6.07) is 7.26. The van der Waals surface area contributed by atoms with E-state index >= 15 is 0 Å². The second kappa shape index (κ2) is 10.3. The number of hydrogen-bond acceptors (Lipinski definition) is 5. The summed E-state index contributed by atoms with van der Waals surface area (Å²) in [5.41, 5.74) is 6.07. The molecule has 1 amide bonds. The molecule has 1 aromatic carbocycles. The lowest BCUT2D eigenvalue weighted by atomic mass is 10.2. The zero-order valence-corrected chi connectivity index (χ0v) is 15.2. The Bertz CT molecular complexity index is 723. The van der Waals surface area contributed by atoms with E-state index in [1.165, 1.54) is 0 Å². The standard InChI is InChI=1S/C16H22N4O2S.ClH/c1-11(8-17)9-18-15(21)6-7-23-10-14-19-13-5-3-2-4-12(13)16(22)20-14;/h2-5,11H,6-10,17H2,1H3,(H,18,21)(H,19,20,22);1H. The van der Waals surface area contributed by atoms with Gasteiger partial charge in [-0.05, 0) is 24.6 Å². The highest BCUT2D eigenvalue weighted by Gasteiger charge is 2.06. The predicted molar refractivity (Wildman–Crippen MR) is 102 cm³/mol. The first-order chi connectivity index (χ1) is 11.1. The van der Waals surface area contributed by atoms with Gasteiger partial charge in [0.05, 0.1) is 16.7 Å². The summed E-state index contributed by atoms with van der Waals surface area (Å²) in [5.74, 6) is 2.21. The average Bonchev–Trinajstić information content (AvgIpc) is 2.56. The normalized spacial score (nSPS) is 11.8. The molecule has 0 saturated heterocycles. The van der Waals surface area contributed by atoms with Crippen molar-refractivity contribution in [2.24, 2.45) is 11.7 Å². The van der Waals surface area contributed by atoms with Gasteiger partial charge in [0.15, 0.2) is 0 Å². The van der Waals surface area contributed by atoms with Crippen LogP contribution in [0.25, 0.3) is 10.9 Å². The van der Waals surface area contributed by atoms with Crippen molar-refractivity contribution < 1.29 is 4.79 Å². The molecule has 0 aliphatic carbocycles. The second-order valence-corrected chi connectivity index (χ2v) is 6.58. The lowest BCUT2D eigenvalue weighted by Crippen LogP contribution is -2.31. The number of thioether (sulfide) groups is 1. The van der Waals surface area contributed by atoms with Crippen molar-refractivity contribution in [3.8, 4) is 0 Å². The number of carbonyl (C=O) groups is 1. The number of para-hydroxylation sites is 1. The van der Waals surface area contributed by atoms with Crippen molar-refractivity contribution in [2.75, 3.05) is 18.8 Å². The van der Waals surface area contributed by atoms with Crippen LogP contribution in [0, 0.1) is 5.92 Å². The maximum atomic E-state index is 11.9. The van der Waals surface area contributed by atoms with Gasteiger partial charge in [0.25, 0.3) is 5.56 Å². The van der Waals surface area contributed by atoms with Crippen LogP contribution >= 0.6 is 24.2 Å². The summed E-state index contributed by atoms with van der Waals surface area (Å²) in [6.07, 6.45) is 0.444. The molecule has 8 heteroatoms. The fourth-order valence-electron chi connectivity index (χ4n) is 2.00. The number of nitrogens with zero attached hydrogens (tertiary/aromatic N) is 1. The molecule has 0 radical (unpaired) electrons. The van der Waals surface area contributed by atoms with E-state index in [4.69, 9.17) is 5.73 Å². The SMILES string of the molecule is CC(CN)CNC(=O)CCSCc1nc2ccccc2c(=O)[nH]1.Cl. The van der Waals surface area contributed by atoms with Crippen molar-refractivity contribution in [3.63, 3.8) is 0 Å². The van der Waals surface area contributed by atoms with Crippen LogP contribution in [-0.4, -0.2) is 34.7 Å². The van der Waals surface area contributed by atoms with Crippen molar-refractivity contribution >= 4 is 41.0 Å². The van der Waals surface area contributed by atoms with Crippen LogP contribution in [0.1, 0.15) is 19.2 Å². The number of aromatic nitrogens is 2. The third-order valence-electron chi connectivity index (χ3n) is 3.42. The molecule has 1 aromatic heterocycles. The van der Waals surface area contributed by atoms with Gasteiger partial charge in [0, 0.05) is 18.7 Å². The number of carbonyl (C=O) groups excluding carboxylic acids is 1. The maximum Gasteiger partial charge on any atom is 0.258 e. The molecule has 2 aromatic rings. The quantitative estimate of drug-likeness (QED) is 0.614. The molecule has 1 unspecified atom stereocenters. The molecule has 24 heavy (non-hydrogen) atoms. The minimum Gasteiger partial charge on any atom is -0.356 e. The Morgan fingerprint density at radius 1 is 1.42 bits per heavy atom. The Kier molecular flexibility index (Phi) is 8.81. The Morgan fingerprint density at radius 2 is 2.17 bits per heavy atom. The van der Waals surface area contributed by atoms with Crippen molar-refractivity contribution in [3.05, 3.63) is 40.4 Å². The number of benzene rings is 1. The van der Waals surface area contributed by atoms with Gasteiger partial charge < -0.3 is 16.0 Å². The molecule has 0 saturated carbocycles. The Morgan fingerprint density at radius 3 is 2.92 bits per heavy atom. The van der Waals surface area contributed by atoms with Crippen LogP contribution in [-0.2, 0) is 10.5 Å². The van der Waals surface area contributed by atoms with Gasteiger partial charge in [-0.15, -0.1) is 12.4 Å². The fourth-order valence-corrected chi connectivity index (χ4v) is 2.80. The summed E-state index contributed by atoms with van der Waals surface area (Å²) < 4.78 is 0. The van der Waals surface area contributed by atoms with E-state index in [1.807, 2.05) is 25.1 Å². The Balaban J connectivity index is 0.00000288. The number of fused-ring (bicyclic) bond motifs is 1. The van der Waals surface area contributed by atoms with E-state index in [1.54, 1.807) is 17.8 Å². The predicted octanol–water partition coefficient (Wildman–Crippen LogP) is 1.68. The van der Waals surface area contributed by atoms with Gasteiger partial charge in [0.2, 0.25) is 5.91 Å². The second-order valence-electron chi connectivity index (χ2n) is 5.48. The van der Waals surface area contributed by atoms with Gasteiger partial charge in [-0.25, -0.2) is 4.98 Å². The highest BCUT2D eigenvalue weighted by molar-refractivity contribution is 7.98. The summed E-state index contributed by atoms with van der Waals surface area (Å²) in [5, 5.41) is 3.45. The minimum absolute atomic E-state index is 0. The van der Waals surface area contributed by atoms with Crippen LogP contribution < -0.4 is 16.6 Å². The van der Waals surface area contributed by atoms with E-state index in [9.17, 15) is 9.59 Å². The van der Waals surface area contributed by atoms with Gasteiger partial charge >= 0.3 is 0 Å². The van der Waals surface area contributed by atoms with Crippen LogP contribution in [0.3, 0.4) is 0 Å². The number of nitrogens with one attached hydrogen (secondary N) is 2.